The summed E-state index contributed by atoms with van der Waals surface area (Å²) in [5.41, 5.74) is 2.21. The van der Waals surface area contributed by atoms with Gasteiger partial charge in [0.05, 0.1) is 5.92 Å². The Morgan fingerprint density at radius 2 is 2.07 bits per heavy atom. The first-order chi connectivity index (χ1) is 13.1. The van der Waals surface area contributed by atoms with Crippen molar-refractivity contribution in [2.45, 2.75) is 25.7 Å². The van der Waals surface area contributed by atoms with Crippen molar-refractivity contribution in [3.05, 3.63) is 52.5 Å². The van der Waals surface area contributed by atoms with E-state index in [1.165, 1.54) is 5.56 Å². The number of hydrogen-bond donors (Lipinski definition) is 0. The molecule has 1 amide bonds. The van der Waals surface area contributed by atoms with E-state index in [0.717, 1.165) is 5.56 Å². The zero-order chi connectivity index (χ0) is 18.8. The smallest absolute Gasteiger partial charge is 0.260 e. The lowest BCUT2D eigenvalue weighted by Gasteiger charge is -2.36. The quantitative estimate of drug-likeness (QED) is 0.645. The number of thiophene rings is 1. The Kier molecular flexibility index (Phi) is 4.94. The van der Waals surface area contributed by atoms with E-state index in [-0.39, 0.29) is 18.4 Å². The van der Waals surface area contributed by atoms with Crippen LogP contribution in [0.25, 0.3) is 11.4 Å². The Morgan fingerprint density at radius 1 is 1.30 bits per heavy atom. The maximum absolute atomic E-state index is 12.3. The van der Waals surface area contributed by atoms with E-state index in [1.807, 2.05) is 41.1 Å². The average molecular weight is 383 g/mol. The van der Waals surface area contributed by atoms with Gasteiger partial charge in [-0.05, 0) is 35.1 Å². The Morgan fingerprint density at radius 3 is 2.74 bits per heavy atom. The van der Waals surface area contributed by atoms with Gasteiger partial charge in [0.15, 0.2) is 6.61 Å². The van der Waals surface area contributed by atoms with Gasteiger partial charge in [-0.2, -0.15) is 16.3 Å². The molecule has 3 aromatic rings. The van der Waals surface area contributed by atoms with Gasteiger partial charge in [0.1, 0.15) is 5.75 Å². The van der Waals surface area contributed by atoms with Crippen LogP contribution in [0.15, 0.2) is 45.6 Å². The minimum absolute atomic E-state index is 0.0308. The maximum Gasteiger partial charge on any atom is 0.260 e. The van der Waals surface area contributed by atoms with Crippen molar-refractivity contribution in [2.75, 3.05) is 19.7 Å². The molecule has 0 radical (unpaired) electrons. The number of hydrogen-bond acceptors (Lipinski definition) is 6. The number of amides is 1. The topological polar surface area (TPSA) is 68.5 Å². The summed E-state index contributed by atoms with van der Waals surface area (Å²) in [6, 6.07) is 9.84. The highest BCUT2D eigenvalue weighted by Crippen LogP contribution is 2.28. The molecule has 0 N–H and O–H groups in total. The minimum atomic E-state index is -0.0308. The summed E-state index contributed by atoms with van der Waals surface area (Å²) in [5, 5.41) is 7.98. The molecule has 0 saturated carbocycles. The summed E-state index contributed by atoms with van der Waals surface area (Å²) in [6.45, 7) is 5.50. The van der Waals surface area contributed by atoms with Crippen LogP contribution in [0, 0.1) is 0 Å². The molecule has 2 aromatic heterocycles. The van der Waals surface area contributed by atoms with Gasteiger partial charge in [-0.1, -0.05) is 31.1 Å². The van der Waals surface area contributed by atoms with Crippen LogP contribution < -0.4 is 4.74 Å². The van der Waals surface area contributed by atoms with Gasteiger partial charge < -0.3 is 14.2 Å². The number of carbonyl (C=O) groups excluding carboxylic acids is 1. The third kappa shape index (κ3) is 3.88. The zero-order valence-corrected chi connectivity index (χ0v) is 16.1. The molecule has 6 nitrogen and oxygen atoms in total. The van der Waals surface area contributed by atoms with Crippen LogP contribution in [0.5, 0.6) is 5.75 Å². The van der Waals surface area contributed by atoms with Crippen molar-refractivity contribution in [1.29, 1.82) is 0 Å². The Hall–Kier alpha value is -2.67. The van der Waals surface area contributed by atoms with E-state index in [9.17, 15) is 4.79 Å². The lowest BCUT2D eigenvalue weighted by molar-refractivity contribution is -0.138. The van der Waals surface area contributed by atoms with E-state index in [0.29, 0.717) is 36.5 Å². The molecular weight excluding hydrogens is 362 g/mol. The summed E-state index contributed by atoms with van der Waals surface area (Å²) in [5.74, 6) is 2.44. The van der Waals surface area contributed by atoms with E-state index >= 15 is 0 Å². The third-order valence-electron chi connectivity index (χ3n) is 4.71. The number of carbonyl (C=O) groups is 1. The van der Waals surface area contributed by atoms with Gasteiger partial charge in [0.25, 0.3) is 5.91 Å². The molecule has 1 aliphatic heterocycles. The monoisotopic (exact) mass is 383 g/mol. The molecule has 1 fully saturated rings. The number of ether oxygens (including phenoxy) is 1. The number of benzene rings is 1. The summed E-state index contributed by atoms with van der Waals surface area (Å²) in [6.07, 6.45) is 0. The summed E-state index contributed by atoms with van der Waals surface area (Å²) in [7, 11) is 0. The van der Waals surface area contributed by atoms with Gasteiger partial charge >= 0.3 is 0 Å². The van der Waals surface area contributed by atoms with Crippen LogP contribution in [0.2, 0.25) is 0 Å². The molecule has 0 bridgehead atoms. The largest absolute Gasteiger partial charge is 0.484 e. The lowest BCUT2D eigenvalue weighted by atomic mass is 10.0. The molecule has 3 heterocycles. The van der Waals surface area contributed by atoms with Crippen LogP contribution in [0.3, 0.4) is 0 Å². The highest BCUT2D eigenvalue weighted by atomic mass is 32.1. The lowest BCUT2D eigenvalue weighted by Crippen LogP contribution is -2.50. The Balaban J connectivity index is 1.26. The fourth-order valence-corrected chi connectivity index (χ4v) is 3.57. The first-order valence-electron chi connectivity index (χ1n) is 8.97. The Labute approximate surface area is 161 Å². The van der Waals surface area contributed by atoms with Crippen molar-refractivity contribution in [1.82, 2.24) is 15.0 Å². The second-order valence-electron chi connectivity index (χ2n) is 6.98. The fourth-order valence-electron chi connectivity index (χ4n) is 2.93. The molecule has 27 heavy (non-hydrogen) atoms. The van der Waals surface area contributed by atoms with Crippen LogP contribution in [0.1, 0.15) is 37.1 Å². The number of aromatic nitrogens is 2. The maximum atomic E-state index is 12.3. The highest BCUT2D eigenvalue weighted by Gasteiger charge is 2.35. The first-order valence-corrected chi connectivity index (χ1v) is 9.91. The number of likely N-dealkylation sites (tertiary alicyclic amines) is 1. The van der Waals surface area contributed by atoms with Crippen molar-refractivity contribution >= 4 is 17.2 Å². The predicted octanol–water partition coefficient (Wildman–Crippen LogP) is 3.93. The van der Waals surface area contributed by atoms with Crippen LogP contribution in [0.4, 0.5) is 0 Å². The van der Waals surface area contributed by atoms with Gasteiger partial charge in [0.2, 0.25) is 11.7 Å². The Bertz CT molecular complexity index is 897. The average Bonchev–Trinajstić information content (AvgIpc) is 3.30. The van der Waals surface area contributed by atoms with Gasteiger partial charge in [-0.3, -0.25) is 4.79 Å². The molecule has 4 rings (SSSR count). The van der Waals surface area contributed by atoms with Crippen LogP contribution >= 0.6 is 11.3 Å². The minimum Gasteiger partial charge on any atom is -0.484 e. The second kappa shape index (κ2) is 7.52. The molecule has 0 spiro atoms. The van der Waals surface area contributed by atoms with Gasteiger partial charge in [0, 0.05) is 24.0 Å². The molecule has 1 aliphatic rings. The summed E-state index contributed by atoms with van der Waals surface area (Å²) in [4.78, 5) is 18.5. The second-order valence-corrected chi connectivity index (χ2v) is 7.76. The molecule has 140 valence electrons. The fraction of sp³-hybridized carbons (Fsp3) is 0.350. The molecule has 0 unspecified atom stereocenters. The molecule has 0 aliphatic carbocycles. The third-order valence-corrected chi connectivity index (χ3v) is 5.40. The SMILES string of the molecule is CC(C)c1ccc(OCC(=O)N2CC(c3nc(-c4ccsc4)no3)C2)cc1. The molecular formula is C20H21N3O3S. The van der Waals surface area contributed by atoms with Crippen molar-refractivity contribution in [2.24, 2.45) is 0 Å². The number of nitrogens with zero attached hydrogens (tertiary/aromatic N) is 3. The van der Waals surface area contributed by atoms with Gasteiger partial charge in [-0.15, -0.1) is 0 Å². The summed E-state index contributed by atoms with van der Waals surface area (Å²) < 4.78 is 11.0. The molecule has 7 heteroatoms. The standard InChI is InChI=1S/C20H21N3O3S/c1-13(2)14-3-5-17(6-4-14)25-11-18(24)23-9-16(10-23)20-21-19(22-26-20)15-7-8-27-12-15/h3-8,12-13,16H,9-11H2,1-2H3. The predicted molar refractivity (Wildman–Crippen MR) is 103 cm³/mol. The molecule has 1 saturated heterocycles. The summed E-state index contributed by atoms with van der Waals surface area (Å²) >= 11 is 1.59. The molecule has 0 atom stereocenters. The van der Waals surface area contributed by atoms with Gasteiger partial charge in [-0.25, -0.2) is 0 Å². The zero-order valence-electron chi connectivity index (χ0n) is 15.3. The normalized spacial score (nSPS) is 14.4. The highest BCUT2D eigenvalue weighted by molar-refractivity contribution is 7.08. The van der Waals surface area contributed by atoms with Crippen LogP contribution in [-0.2, 0) is 4.79 Å². The van der Waals surface area contributed by atoms with E-state index in [1.54, 1.807) is 16.2 Å². The van der Waals surface area contributed by atoms with E-state index in [2.05, 4.69) is 24.0 Å². The van der Waals surface area contributed by atoms with Crippen molar-refractivity contribution < 1.29 is 14.1 Å². The van der Waals surface area contributed by atoms with E-state index in [4.69, 9.17) is 9.26 Å². The molecule has 1 aromatic carbocycles. The van der Waals surface area contributed by atoms with E-state index < -0.39 is 0 Å². The van der Waals surface area contributed by atoms with Crippen molar-refractivity contribution in [3.63, 3.8) is 0 Å². The first kappa shape index (κ1) is 17.7. The van der Waals surface area contributed by atoms with Crippen molar-refractivity contribution in [3.8, 4) is 17.1 Å². The number of rotatable bonds is 6. The van der Waals surface area contributed by atoms with Crippen LogP contribution in [-0.4, -0.2) is 40.6 Å².